The number of hydrogen-bond acceptors (Lipinski definition) is 3. The number of amides is 1. The topological polar surface area (TPSA) is 95.1 Å². The summed E-state index contributed by atoms with van der Waals surface area (Å²) in [5.74, 6) is -1.43. The molecule has 0 aliphatic heterocycles. The van der Waals surface area contributed by atoms with Crippen molar-refractivity contribution in [3.05, 3.63) is 18.0 Å². The minimum absolute atomic E-state index is 0.151. The van der Waals surface area contributed by atoms with Crippen molar-refractivity contribution >= 4 is 11.9 Å². The van der Waals surface area contributed by atoms with Gasteiger partial charge in [-0.05, 0) is 18.9 Å². The lowest BCUT2D eigenvalue weighted by Gasteiger charge is -2.22. The summed E-state index contributed by atoms with van der Waals surface area (Å²) in [5.41, 5.74) is 0.734. The number of rotatable bonds is 4. The molecule has 0 aromatic carbocycles. The summed E-state index contributed by atoms with van der Waals surface area (Å²) < 4.78 is 0. The second-order valence-electron chi connectivity index (χ2n) is 5.02. The van der Waals surface area contributed by atoms with Gasteiger partial charge in [0.15, 0.2) is 0 Å². The summed E-state index contributed by atoms with van der Waals surface area (Å²) in [5, 5.41) is 18.6. The van der Waals surface area contributed by atoms with Gasteiger partial charge in [-0.1, -0.05) is 19.3 Å². The number of aliphatic carboxylic acids is 1. The van der Waals surface area contributed by atoms with Crippen molar-refractivity contribution in [2.45, 2.75) is 44.6 Å². The standard InChI is InChI=1S/C13H19N3O3/c17-12(8-9-6-7-14-16-9)15-11-5-3-1-2-4-10(11)13(18)19/h6-7,10-11H,1-5,8H2,(H,14,16)(H,15,17)(H,18,19). The molecule has 0 spiro atoms. The maximum atomic E-state index is 11.9. The van der Waals surface area contributed by atoms with Gasteiger partial charge >= 0.3 is 5.97 Å². The molecular weight excluding hydrogens is 246 g/mol. The van der Waals surface area contributed by atoms with Crippen molar-refractivity contribution in [3.8, 4) is 0 Å². The summed E-state index contributed by atoms with van der Waals surface area (Å²) in [4.78, 5) is 23.2. The Balaban J connectivity index is 1.94. The SMILES string of the molecule is O=C(Cc1ccn[nH]1)NC1CCCCCC1C(=O)O. The first-order valence-electron chi connectivity index (χ1n) is 6.67. The molecule has 2 rings (SSSR count). The molecule has 1 aromatic heterocycles. The summed E-state index contributed by atoms with van der Waals surface area (Å²) in [7, 11) is 0. The van der Waals surface area contributed by atoms with Crippen molar-refractivity contribution in [1.29, 1.82) is 0 Å². The number of H-pyrrole nitrogens is 1. The van der Waals surface area contributed by atoms with E-state index in [1.54, 1.807) is 12.3 Å². The van der Waals surface area contributed by atoms with Crippen molar-refractivity contribution in [2.24, 2.45) is 5.92 Å². The van der Waals surface area contributed by atoms with E-state index < -0.39 is 11.9 Å². The molecule has 0 bridgehead atoms. The fourth-order valence-electron chi connectivity index (χ4n) is 2.59. The average Bonchev–Trinajstić information content (AvgIpc) is 2.73. The van der Waals surface area contributed by atoms with E-state index in [1.165, 1.54) is 0 Å². The van der Waals surface area contributed by atoms with E-state index >= 15 is 0 Å². The number of aromatic amines is 1. The molecule has 1 heterocycles. The van der Waals surface area contributed by atoms with Crippen LogP contribution < -0.4 is 5.32 Å². The third kappa shape index (κ3) is 3.81. The Kier molecular flexibility index (Phi) is 4.54. The van der Waals surface area contributed by atoms with E-state index in [0.717, 1.165) is 31.4 Å². The van der Waals surface area contributed by atoms with Crippen LogP contribution in [-0.2, 0) is 16.0 Å². The van der Waals surface area contributed by atoms with E-state index in [1.807, 2.05) is 0 Å². The molecule has 2 unspecified atom stereocenters. The molecule has 3 N–H and O–H groups in total. The van der Waals surface area contributed by atoms with Crippen LogP contribution in [0.2, 0.25) is 0 Å². The fourth-order valence-corrected chi connectivity index (χ4v) is 2.59. The predicted molar refractivity (Wildman–Crippen MR) is 68.4 cm³/mol. The second-order valence-corrected chi connectivity index (χ2v) is 5.02. The van der Waals surface area contributed by atoms with Gasteiger partial charge in [-0.25, -0.2) is 0 Å². The van der Waals surface area contributed by atoms with Crippen molar-refractivity contribution in [1.82, 2.24) is 15.5 Å². The zero-order valence-electron chi connectivity index (χ0n) is 10.8. The number of carboxylic acids is 1. The lowest BCUT2D eigenvalue weighted by Crippen LogP contribution is -2.43. The van der Waals surface area contributed by atoms with E-state index in [9.17, 15) is 14.7 Å². The van der Waals surface area contributed by atoms with Gasteiger partial charge in [-0.15, -0.1) is 0 Å². The van der Waals surface area contributed by atoms with Crippen molar-refractivity contribution < 1.29 is 14.7 Å². The number of nitrogens with zero attached hydrogens (tertiary/aromatic N) is 1. The molecule has 6 heteroatoms. The second kappa shape index (κ2) is 6.36. The largest absolute Gasteiger partial charge is 0.481 e. The number of aromatic nitrogens is 2. The molecule has 1 aliphatic rings. The Labute approximate surface area is 111 Å². The Bertz CT molecular complexity index is 430. The first kappa shape index (κ1) is 13.6. The molecule has 1 aliphatic carbocycles. The van der Waals surface area contributed by atoms with Crippen LogP contribution in [0.3, 0.4) is 0 Å². The minimum atomic E-state index is -0.811. The Morgan fingerprint density at radius 3 is 2.84 bits per heavy atom. The van der Waals surface area contributed by atoms with Gasteiger partial charge < -0.3 is 10.4 Å². The molecule has 1 fully saturated rings. The van der Waals surface area contributed by atoms with Gasteiger partial charge in [0.25, 0.3) is 0 Å². The first-order valence-corrected chi connectivity index (χ1v) is 6.67. The third-order valence-corrected chi connectivity index (χ3v) is 3.59. The zero-order valence-corrected chi connectivity index (χ0v) is 10.8. The predicted octanol–water partition coefficient (Wildman–Crippen LogP) is 1.10. The van der Waals surface area contributed by atoms with Crippen LogP contribution >= 0.6 is 0 Å². The normalized spacial score (nSPS) is 23.6. The highest BCUT2D eigenvalue weighted by Gasteiger charge is 2.30. The maximum Gasteiger partial charge on any atom is 0.308 e. The van der Waals surface area contributed by atoms with Gasteiger partial charge in [0, 0.05) is 17.9 Å². The Morgan fingerprint density at radius 2 is 2.16 bits per heavy atom. The summed E-state index contributed by atoms with van der Waals surface area (Å²) in [6, 6.07) is 1.48. The van der Waals surface area contributed by atoms with Crippen LogP contribution in [0.25, 0.3) is 0 Å². The molecule has 1 amide bonds. The van der Waals surface area contributed by atoms with Gasteiger partial charge in [0.2, 0.25) is 5.91 Å². The molecular formula is C13H19N3O3. The monoisotopic (exact) mass is 265 g/mol. The highest BCUT2D eigenvalue weighted by molar-refractivity contribution is 5.79. The zero-order chi connectivity index (χ0) is 13.7. The quantitative estimate of drug-likeness (QED) is 0.710. The van der Waals surface area contributed by atoms with Crippen LogP contribution in [0.15, 0.2) is 12.3 Å². The number of carbonyl (C=O) groups excluding carboxylic acids is 1. The van der Waals surface area contributed by atoms with Crippen LogP contribution in [0, 0.1) is 5.92 Å². The highest BCUT2D eigenvalue weighted by Crippen LogP contribution is 2.23. The van der Waals surface area contributed by atoms with E-state index in [0.29, 0.717) is 6.42 Å². The minimum Gasteiger partial charge on any atom is -0.481 e. The van der Waals surface area contributed by atoms with Crippen LogP contribution in [-0.4, -0.2) is 33.2 Å². The van der Waals surface area contributed by atoms with Gasteiger partial charge in [-0.2, -0.15) is 5.10 Å². The molecule has 19 heavy (non-hydrogen) atoms. The molecule has 1 saturated carbocycles. The van der Waals surface area contributed by atoms with E-state index in [2.05, 4.69) is 15.5 Å². The van der Waals surface area contributed by atoms with E-state index in [-0.39, 0.29) is 18.4 Å². The summed E-state index contributed by atoms with van der Waals surface area (Å²) >= 11 is 0. The molecule has 0 saturated heterocycles. The number of hydrogen-bond donors (Lipinski definition) is 3. The van der Waals surface area contributed by atoms with E-state index in [4.69, 9.17) is 0 Å². The Hall–Kier alpha value is -1.85. The third-order valence-electron chi connectivity index (χ3n) is 3.59. The van der Waals surface area contributed by atoms with Crippen molar-refractivity contribution in [3.63, 3.8) is 0 Å². The number of carbonyl (C=O) groups is 2. The number of nitrogens with one attached hydrogen (secondary N) is 2. The number of carboxylic acid groups (broad SMARTS) is 1. The Morgan fingerprint density at radius 1 is 1.37 bits per heavy atom. The lowest BCUT2D eigenvalue weighted by atomic mass is 9.94. The maximum absolute atomic E-state index is 11.9. The molecule has 6 nitrogen and oxygen atoms in total. The smallest absolute Gasteiger partial charge is 0.308 e. The highest BCUT2D eigenvalue weighted by atomic mass is 16.4. The first-order chi connectivity index (χ1) is 9.16. The molecule has 2 atom stereocenters. The van der Waals surface area contributed by atoms with Crippen LogP contribution in [0.1, 0.15) is 37.8 Å². The van der Waals surface area contributed by atoms with Crippen LogP contribution in [0.4, 0.5) is 0 Å². The molecule has 104 valence electrons. The molecule has 0 radical (unpaired) electrons. The van der Waals surface area contributed by atoms with Crippen molar-refractivity contribution in [2.75, 3.05) is 0 Å². The summed E-state index contributed by atoms with van der Waals surface area (Å²) in [6.45, 7) is 0. The molecule has 1 aromatic rings. The lowest BCUT2D eigenvalue weighted by molar-refractivity contribution is -0.143. The summed E-state index contributed by atoms with van der Waals surface area (Å²) in [6.07, 6.45) is 6.12. The van der Waals surface area contributed by atoms with Crippen LogP contribution in [0.5, 0.6) is 0 Å². The van der Waals surface area contributed by atoms with Gasteiger partial charge in [0.1, 0.15) is 0 Å². The van der Waals surface area contributed by atoms with Gasteiger partial charge in [0.05, 0.1) is 12.3 Å². The van der Waals surface area contributed by atoms with Gasteiger partial charge in [-0.3, -0.25) is 14.7 Å². The average molecular weight is 265 g/mol. The fraction of sp³-hybridized carbons (Fsp3) is 0.615.